The molecular formula is C25H29N5O5. The molecule has 2 atom stereocenters. The highest BCUT2D eigenvalue weighted by molar-refractivity contribution is 5.83. The number of nitriles is 1. The minimum Gasteiger partial charge on any atom is -0.496 e. The molecule has 1 fully saturated rings. The Bertz CT molecular complexity index is 1200. The zero-order valence-electron chi connectivity index (χ0n) is 19.8. The molecule has 1 saturated heterocycles. The van der Waals surface area contributed by atoms with E-state index in [9.17, 15) is 9.59 Å². The topological polar surface area (TPSA) is 137 Å². The maximum atomic E-state index is 12.2. The number of methoxy groups -OCH3 is 1. The average molecular weight is 480 g/mol. The molecule has 1 aromatic carbocycles. The van der Waals surface area contributed by atoms with Crippen LogP contribution in [0.3, 0.4) is 0 Å². The van der Waals surface area contributed by atoms with Gasteiger partial charge in [-0.05, 0) is 42.2 Å². The van der Waals surface area contributed by atoms with Gasteiger partial charge in [-0.2, -0.15) is 10.4 Å². The molecule has 10 heteroatoms. The minimum absolute atomic E-state index is 0.0937. The van der Waals surface area contributed by atoms with E-state index in [-0.39, 0.29) is 12.0 Å². The van der Waals surface area contributed by atoms with Crippen LogP contribution in [0.2, 0.25) is 0 Å². The number of carboxylic acid groups (broad SMARTS) is 1. The number of fused-ring (bicyclic) bond motifs is 4. The SMILES string of the molecule is CC(=O)O.COc1ccc(C=NNC(=O)CC#N)cc1CN1CC2C[C@@H](C1)c1cccc(=O)n1C2. The van der Waals surface area contributed by atoms with Crippen molar-refractivity contribution in [2.24, 2.45) is 11.0 Å². The second-order valence-corrected chi connectivity index (χ2v) is 8.61. The first-order chi connectivity index (χ1) is 16.8. The van der Waals surface area contributed by atoms with E-state index >= 15 is 0 Å². The largest absolute Gasteiger partial charge is 0.496 e. The third-order valence-electron chi connectivity index (χ3n) is 5.90. The predicted octanol–water partition coefficient (Wildman–Crippen LogP) is 1.93. The van der Waals surface area contributed by atoms with Gasteiger partial charge in [-0.15, -0.1) is 0 Å². The molecule has 1 unspecified atom stereocenters. The summed E-state index contributed by atoms with van der Waals surface area (Å²) < 4.78 is 7.50. The van der Waals surface area contributed by atoms with Crippen molar-refractivity contribution in [1.29, 1.82) is 5.26 Å². The van der Waals surface area contributed by atoms with Crippen molar-refractivity contribution in [2.45, 2.75) is 38.8 Å². The fourth-order valence-electron chi connectivity index (χ4n) is 4.66. The fraction of sp³-hybridized carbons (Fsp3) is 0.400. The number of hydrogen-bond donors (Lipinski definition) is 2. The smallest absolute Gasteiger partial charge is 0.300 e. The molecule has 4 rings (SSSR count). The Hall–Kier alpha value is -3.97. The summed E-state index contributed by atoms with van der Waals surface area (Å²) in [5.74, 6) is 0.342. The Labute approximate surface area is 203 Å². The van der Waals surface area contributed by atoms with E-state index in [1.54, 1.807) is 25.5 Å². The molecule has 0 spiro atoms. The van der Waals surface area contributed by atoms with Gasteiger partial charge in [0.2, 0.25) is 0 Å². The molecular weight excluding hydrogens is 450 g/mol. The molecule has 0 aliphatic carbocycles. The maximum Gasteiger partial charge on any atom is 0.300 e. The first kappa shape index (κ1) is 25.6. The number of aliphatic carboxylic acids is 1. The first-order valence-corrected chi connectivity index (χ1v) is 11.3. The van der Waals surface area contributed by atoms with Crippen LogP contribution in [0.4, 0.5) is 0 Å². The Morgan fingerprint density at radius 2 is 2.06 bits per heavy atom. The standard InChI is InChI=1S/C23H25N5O3.C2H4O2/c1-31-21-6-5-16(11-25-26-22(29)7-8-24)9-19(21)15-27-12-17-10-18(14-27)20-3-2-4-23(30)28(20)13-17;1-2(3)4/h2-6,9,11,17-18H,7,10,12-15H2,1H3,(H,26,29);1H3,(H,3,4)/t17?,18-;/m0./s1. The second-order valence-electron chi connectivity index (χ2n) is 8.61. The summed E-state index contributed by atoms with van der Waals surface area (Å²) in [6, 6.07) is 13.1. The van der Waals surface area contributed by atoms with Gasteiger partial charge in [0.05, 0.1) is 19.4 Å². The number of carbonyl (C=O) groups is 2. The van der Waals surface area contributed by atoms with Crippen molar-refractivity contribution < 1.29 is 19.4 Å². The van der Waals surface area contributed by atoms with Gasteiger partial charge < -0.3 is 14.4 Å². The number of ether oxygens (including phenoxy) is 1. The Balaban J connectivity index is 0.000000795. The highest BCUT2D eigenvalue weighted by Gasteiger charge is 2.34. The van der Waals surface area contributed by atoms with Crippen molar-refractivity contribution in [3.8, 4) is 11.8 Å². The number of benzene rings is 1. The number of rotatable bonds is 6. The van der Waals surface area contributed by atoms with Gasteiger partial charge in [0, 0.05) is 56.3 Å². The Morgan fingerprint density at radius 3 is 2.77 bits per heavy atom. The molecule has 35 heavy (non-hydrogen) atoms. The quantitative estimate of drug-likeness (QED) is 0.477. The van der Waals surface area contributed by atoms with Crippen molar-refractivity contribution >= 4 is 18.1 Å². The normalized spacial score (nSPS) is 18.5. The van der Waals surface area contributed by atoms with Gasteiger partial charge in [-0.1, -0.05) is 6.07 Å². The molecule has 2 aromatic rings. The van der Waals surface area contributed by atoms with Crippen molar-refractivity contribution in [3.05, 3.63) is 63.6 Å². The summed E-state index contributed by atoms with van der Waals surface area (Å²) in [5, 5.41) is 19.9. The van der Waals surface area contributed by atoms with Crippen LogP contribution in [-0.4, -0.2) is 52.9 Å². The number of hydrazone groups is 1. The van der Waals surface area contributed by atoms with Crippen LogP contribution in [0, 0.1) is 17.2 Å². The number of carbonyl (C=O) groups excluding carboxylic acids is 1. The van der Waals surface area contributed by atoms with Crippen molar-refractivity contribution in [1.82, 2.24) is 14.9 Å². The number of carboxylic acids is 1. The lowest BCUT2D eigenvalue weighted by molar-refractivity contribution is -0.134. The highest BCUT2D eigenvalue weighted by Crippen LogP contribution is 2.36. The number of amides is 1. The molecule has 0 radical (unpaired) electrons. The van der Waals surface area contributed by atoms with E-state index in [0.717, 1.165) is 62.1 Å². The summed E-state index contributed by atoms with van der Waals surface area (Å²) in [6.45, 7) is 4.42. The van der Waals surface area contributed by atoms with Crippen molar-refractivity contribution in [2.75, 3.05) is 20.2 Å². The van der Waals surface area contributed by atoms with Gasteiger partial charge >= 0.3 is 0 Å². The van der Waals surface area contributed by atoms with Crippen LogP contribution in [0.25, 0.3) is 0 Å². The van der Waals surface area contributed by atoms with E-state index in [0.29, 0.717) is 11.8 Å². The third kappa shape index (κ3) is 7.01. The molecule has 184 valence electrons. The van der Waals surface area contributed by atoms with Gasteiger partial charge in [0.25, 0.3) is 17.4 Å². The molecule has 0 saturated carbocycles. The Morgan fingerprint density at radius 1 is 1.29 bits per heavy atom. The zero-order chi connectivity index (χ0) is 25.4. The fourth-order valence-corrected chi connectivity index (χ4v) is 4.66. The summed E-state index contributed by atoms with van der Waals surface area (Å²) >= 11 is 0. The number of likely N-dealkylation sites (tertiary alicyclic amines) is 1. The molecule has 2 N–H and O–H groups in total. The van der Waals surface area contributed by atoms with Gasteiger partial charge in [-0.3, -0.25) is 19.3 Å². The number of nitrogens with one attached hydrogen (secondary N) is 1. The molecule has 2 aliphatic heterocycles. The van der Waals surface area contributed by atoms with E-state index in [4.69, 9.17) is 19.9 Å². The van der Waals surface area contributed by atoms with Gasteiger partial charge in [0.15, 0.2) is 0 Å². The molecule has 10 nitrogen and oxygen atoms in total. The van der Waals surface area contributed by atoms with Gasteiger partial charge in [0.1, 0.15) is 12.2 Å². The molecule has 3 heterocycles. The van der Waals surface area contributed by atoms with Gasteiger partial charge in [-0.25, -0.2) is 5.43 Å². The zero-order valence-corrected chi connectivity index (χ0v) is 19.8. The Kier molecular flexibility index (Phi) is 8.75. The minimum atomic E-state index is -0.833. The number of nitrogens with zero attached hydrogens (tertiary/aromatic N) is 4. The van der Waals surface area contributed by atoms with Crippen LogP contribution >= 0.6 is 0 Å². The van der Waals surface area contributed by atoms with E-state index in [2.05, 4.69) is 21.5 Å². The lowest BCUT2D eigenvalue weighted by Gasteiger charge is -2.42. The van der Waals surface area contributed by atoms with Crippen LogP contribution in [0.1, 0.15) is 42.5 Å². The van der Waals surface area contributed by atoms with Crippen LogP contribution in [-0.2, 0) is 22.7 Å². The third-order valence-corrected chi connectivity index (χ3v) is 5.90. The summed E-state index contributed by atoms with van der Waals surface area (Å²) in [7, 11) is 1.66. The van der Waals surface area contributed by atoms with E-state index < -0.39 is 11.9 Å². The summed E-state index contributed by atoms with van der Waals surface area (Å²) in [5.41, 5.74) is 5.45. The molecule has 1 amide bonds. The summed E-state index contributed by atoms with van der Waals surface area (Å²) in [6.07, 6.45) is 2.45. The van der Waals surface area contributed by atoms with Crippen molar-refractivity contribution in [3.63, 3.8) is 0 Å². The van der Waals surface area contributed by atoms with Crippen LogP contribution in [0.15, 0.2) is 46.3 Å². The lowest BCUT2D eigenvalue weighted by Crippen LogP contribution is -2.46. The number of hydrogen-bond acceptors (Lipinski definition) is 7. The van der Waals surface area contributed by atoms with E-state index in [1.807, 2.05) is 28.8 Å². The maximum absolute atomic E-state index is 12.2. The monoisotopic (exact) mass is 479 g/mol. The second kappa shape index (κ2) is 11.9. The van der Waals surface area contributed by atoms with E-state index in [1.165, 1.54) is 0 Å². The summed E-state index contributed by atoms with van der Waals surface area (Å²) in [4.78, 5) is 35.0. The van der Waals surface area contributed by atoms with Crippen LogP contribution in [0.5, 0.6) is 5.75 Å². The predicted molar refractivity (Wildman–Crippen MR) is 129 cm³/mol. The van der Waals surface area contributed by atoms with Crippen LogP contribution < -0.4 is 15.7 Å². The number of aromatic nitrogens is 1. The molecule has 1 aromatic heterocycles. The number of piperidine rings is 1. The molecule has 2 aliphatic rings. The first-order valence-electron chi connectivity index (χ1n) is 11.3. The lowest BCUT2D eigenvalue weighted by atomic mass is 9.83. The average Bonchev–Trinajstić information content (AvgIpc) is 2.80. The number of pyridine rings is 1. The molecule has 2 bridgehead atoms. The highest BCUT2D eigenvalue weighted by atomic mass is 16.5.